The van der Waals surface area contributed by atoms with Gasteiger partial charge in [-0.05, 0) is 26.8 Å². The van der Waals surface area contributed by atoms with Crippen LogP contribution in [0.2, 0.25) is 0 Å². The van der Waals surface area contributed by atoms with Gasteiger partial charge in [0.25, 0.3) is 0 Å². The highest BCUT2D eigenvalue weighted by Crippen LogP contribution is 2.08. The van der Waals surface area contributed by atoms with Crippen LogP contribution in [0.25, 0.3) is 0 Å². The van der Waals surface area contributed by atoms with Crippen LogP contribution in [0.15, 0.2) is 0 Å². The fourth-order valence-corrected chi connectivity index (χ4v) is 1.18. The minimum atomic E-state index is -0.825. The van der Waals surface area contributed by atoms with Gasteiger partial charge in [-0.1, -0.05) is 13.3 Å². The smallest absolute Gasteiger partial charge is 0.303 e. The lowest BCUT2D eigenvalue weighted by molar-refractivity contribution is -0.138. The predicted octanol–water partition coefficient (Wildman–Crippen LogP) is 0.601. The standard InChI is InChI=1S/C11H22N2O3/c1-5-8(6-9(14)15)7-13-10(16)11(2,3)12-4/h8,12H,5-7H2,1-4H3,(H,13,16)(H,14,15). The Kier molecular flexibility index (Phi) is 6.03. The summed E-state index contributed by atoms with van der Waals surface area (Å²) in [6, 6.07) is 0. The molecule has 0 aromatic carbocycles. The van der Waals surface area contributed by atoms with E-state index in [1.54, 1.807) is 20.9 Å². The number of hydrogen-bond donors (Lipinski definition) is 3. The molecule has 0 aromatic rings. The minimum Gasteiger partial charge on any atom is -0.481 e. The van der Waals surface area contributed by atoms with Crippen molar-refractivity contribution in [1.29, 1.82) is 0 Å². The molecule has 0 rings (SSSR count). The molecule has 5 heteroatoms. The quantitative estimate of drug-likeness (QED) is 0.598. The first-order valence-corrected chi connectivity index (χ1v) is 5.52. The average Bonchev–Trinajstić information content (AvgIpc) is 2.22. The zero-order valence-electron chi connectivity index (χ0n) is 10.5. The lowest BCUT2D eigenvalue weighted by Gasteiger charge is -2.24. The van der Waals surface area contributed by atoms with E-state index in [-0.39, 0.29) is 18.2 Å². The van der Waals surface area contributed by atoms with Crippen molar-refractivity contribution in [3.63, 3.8) is 0 Å². The Balaban J connectivity index is 4.12. The maximum absolute atomic E-state index is 11.7. The van der Waals surface area contributed by atoms with Crippen LogP contribution in [0.3, 0.4) is 0 Å². The molecule has 16 heavy (non-hydrogen) atoms. The summed E-state index contributed by atoms with van der Waals surface area (Å²) in [4.78, 5) is 22.2. The van der Waals surface area contributed by atoms with Crippen LogP contribution in [-0.2, 0) is 9.59 Å². The third-order valence-corrected chi connectivity index (χ3v) is 2.78. The molecule has 0 aliphatic rings. The van der Waals surface area contributed by atoms with Crippen molar-refractivity contribution in [3.8, 4) is 0 Å². The number of likely N-dealkylation sites (N-methyl/N-ethyl adjacent to an activating group) is 1. The maximum atomic E-state index is 11.7. The fourth-order valence-electron chi connectivity index (χ4n) is 1.18. The first-order valence-electron chi connectivity index (χ1n) is 5.52. The van der Waals surface area contributed by atoms with Gasteiger partial charge >= 0.3 is 5.97 Å². The number of nitrogens with one attached hydrogen (secondary N) is 2. The van der Waals surface area contributed by atoms with E-state index in [0.29, 0.717) is 6.54 Å². The van der Waals surface area contributed by atoms with Crippen LogP contribution in [0.1, 0.15) is 33.6 Å². The molecule has 0 aliphatic heterocycles. The molecule has 1 unspecified atom stereocenters. The zero-order chi connectivity index (χ0) is 12.8. The lowest BCUT2D eigenvalue weighted by atomic mass is 10.0. The van der Waals surface area contributed by atoms with Gasteiger partial charge in [0.2, 0.25) is 5.91 Å². The maximum Gasteiger partial charge on any atom is 0.303 e. The number of rotatable bonds is 7. The van der Waals surface area contributed by atoms with Gasteiger partial charge in [-0.25, -0.2) is 0 Å². The van der Waals surface area contributed by atoms with E-state index >= 15 is 0 Å². The summed E-state index contributed by atoms with van der Waals surface area (Å²) in [6.07, 6.45) is 0.837. The first-order chi connectivity index (χ1) is 7.33. The molecule has 3 N–H and O–H groups in total. The van der Waals surface area contributed by atoms with Crippen molar-refractivity contribution >= 4 is 11.9 Å². The Hall–Kier alpha value is -1.10. The molecule has 1 amide bonds. The Bertz CT molecular complexity index is 252. The van der Waals surface area contributed by atoms with Gasteiger partial charge in [0.1, 0.15) is 0 Å². The van der Waals surface area contributed by atoms with Crippen molar-refractivity contribution in [2.45, 2.75) is 39.2 Å². The topological polar surface area (TPSA) is 78.4 Å². The van der Waals surface area contributed by atoms with Gasteiger partial charge in [-0.3, -0.25) is 9.59 Å². The lowest BCUT2D eigenvalue weighted by Crippen LogP contribution is -2.52. The highest BCUT2D eigenvalue weighted by atomic mass is 16.4. The molecule has 0 fully saturated rings. The summed E-state index contributed by atoms with van der Waals surface area (Å²) in [5.74, 6) is -0.943. The van der Waals surface area contributed by atoms with Gasteiger partial charge in [-0.2, -0.15) is 0 Å². The largest absolute Gasteiger partial charge is 0.481 e. The van der Waals surface area contributed by atoms with Crippen molar-refractivity contribution in [3.05, 3.63) is 0 Å². The van der Waals surface area contributed by atoms with Crippen LogP contribution in [-0.4, -0.2) is 36.1 Å². The van der Waals surface area contributed by atoms with Crippen LogP contribution in [0.4, 0.5) is 0 Å². The summed E-state index contributed by atoms with van der Waals surface area (Å²) >= 11 is 0. The van der Waals surface area contributed by atoms with Crippen molar-refractivity contribution in [2.75, 3.05) is 13.6 Å². The molecule has 0 spiro atoms. The minimum absolute atomic E-state index is 0.00546. The van der Waals surface area contributed by atoms with E-state index in [0.717, 1.165) is 6.42 Å². The Morgan fingerprint density at radius 3 is 2.31 bits per heavy atom. The second-order valence-corrected chi connectivity index (χ2v) is 4.46. The molecule has 0 saturated carbocycles. The van der Waals surface area contributed by atoms with Gasteiger partial charge in [0.05, 0.1) is 5.54 Å². The SMILES string of the molecule is CCC(CNC(=O)C(C)(C)NC)CC(=O)O. The molecule has 5 nitrogen and oxygen atoms in total. The average molecular weight is 230 g/mol. The number of hydrogen-bond acceptors (Lipinski definition) is 3. The highest BCUT2D eigenvalue weighted by Gasteiger charge is 2.25. The number of carboxylic acids is 1. The summed E-state index contributed by atoms with van der Waals surface area (Å²) in [7, 11) is 1.72. The van der Waals surface area contributed by atoms with E-state index in [2.05, 4.69) is 10.6 Å². The Labute approximate surface area is 96.6 Å². The number of carboxylic acid groups (broad SMARTS) is 1. The second-order valence-electron chi connectivity index (χ2n) is 4.46. The summed E-state index contributed by atoms with van der Waals surface area (Å²) in [5, 5.41) is 14.3. The van der Waals surface area contributed by atoms with Crippen molar-refractivity contribution < 1.29 is 14.7 Å². The molecule has 0 aromatic heterocycles. The Morgan fingerprint density at radius 1 is 1.38 bits per heavy atom. The molecule has 1 atom stereocenters. The van der Waals surface area contributed by atoms with E-state index in [1.165, 1.54) is 0 Å². The number of carbonyl (C=O) groups excluding carboxylic acids is 1. The predicted molar refractivity (Wildman–Crippen MR) is 62.2 cm³/mol. The summed E-state index contributed by atoms with van der Waals surface area (Å²) in [6.45, 7) is 5.89. The number of amides is 1. The van der Waals surface area contributed by atoms with Crippen LogP contribution in [0, 0.1) is 5.92 Å². The van der Waals surface area contributed by atoms with Gasteiger partial charge < -0.3 is 15.7 Å². The molecule has 0 heterocycles. The van der Waals surface area contributed by atoms with Crippen LogP contribution >= 0.6 is 0 Å². The molecular weight excluding hydrogens is 208 g/mol. The zero-order valence-corrected chi connectivity index (χ0v) is 10.5. The monoisotopic (exact) mass is 230 g/mol. The fraction of sp³-hybridized carbons (Fsp3) is 0.818. The molecule has 0 saturated heterocycles. The summed E-state index contributed by atoms with van der Waals surface area (Å²) < 4.78 is 0. The van der Waals surface area contributed by atoms with E-state index in [1.807, 2.05) is 6.92 Å². The molecule has 0 bridgehead atoms. The molecular formula is C11H22N2O3. The van der Waals surface area contributed by atoms with Gasteiger partial charge in [0.15, 0.2) is 0 Å². The summed E-state index contributed by atoms with van der Waals surface area (Å²) in [5.41, 5.74) is -0.623. The van der Waals surface area contributed by atoms with E-state index in [4.69, 9.17) is 5.11 Å². The van der Waals surface area contributed by atoms with Crippen LogP contribution < -0.4 is 10.6 Å². The molecule has 0 aliphatic carbocycles. The van der Waals surface area contributed by atoms with Gasteiger partial charge in [-0.15, -0.1) is 0 Å². The Morgan fingerprint density at radius 2 is 1.94 bits per heavy atom. The van der Waals surface area contributed by atoms with E-state index < -0.39 is 11.5 Å². The third kappa shape index (κ3) is 5.11. The highest BCUT2D eigenvalue weighted by molar-refractivity contribution is 5.85. The second kappa shape index (κ2) is 6.48. The molecule has 0 radical (unpaired) electrons. The van der Waals surface area contributed by atoms with Gasteiger partial charge in [0, 0.05) is 13.0 Å². The van der Waals surface area contributed by atoms with Crippen molar-refractivity contribution in [1.82, 2.24) is 10.6 Å². The third-order valence-electron chi connectivity index (χ3n) is 2.78. The van der Waals surface area contributed by atoms with E-state index in [9.17, 15) is 9.59 Å². The van der Waals surface area contributed by atoms with Crippen LogP contribution in [0.5, 0.6) is 0 Å². The number of aliphatic carboxylic acids is 1. The van der Waals surface area contributed by atoms with Crippen molar-refractivity contribution in [2.24, 2.45) is 5.92 Å². The number of carbonyl (C=O) groups is 2. The molecule has 94 valence electrons. The first kappa shape index (κ1) is 14.9. The normalized spacial score (nSPS) is 13.2.